The van der Waals surface area contributed by atoms with E-state index in [2.05, 4.69) is 22.6 Å². The molecule has 0 saturated carbocycles. The van der Waals surface area contributed by atoms with Crippen molar-refractivity contribution in [1.29, 1.82) is 0 Å². The fourth-order valence-corrected chi connectivity index (χ4v) is 2.19. The second-order valence-electron chi connectivity index (χ2n) is 3.80. The first-order valence-corrected chi connectivity index (χ1v) is 6.63. The summed E-state index contributed by atoms with van der Waals surface area (Å²) < 4.78 is 47.2. The summed E-state index contributed by atoms with van der Waals surface area (Å²) in [5.41, 5.74) is 0.659. The average Bonchev–Trinajstić information content (AvgIpc) is 2.38. The van der Waals surface area contributed by atoms with E-state index in [4.69, 9.17) is 9.47 Å². The minimum Gasteiger partial charge on any atom is -0.496 e. The van der Waals surface area contributed by atoms with Crippen molar-refractivity contribution in [3.8, 4) is 11.5 Å². The number of halogens is 4. The lowest BCUT2D eigenvalue weighted by Gasteiger charge is -2.13. The van der Waals surface area contributed by atoms with Gasteiger partial charge in [0.25, 0.3) is 0 Å². The van der Waals surface area contributed by atoms with E-state index < -0.39 is 12.1 Å². The Morgan fingerprint density at radius 1 is 1.25 bits per heavy atom. The van der Waals surface area contributed by atoms with Crippen molar-refractivity contribution < 1.29 is 27.4 Å². The fraction of sp³-hybridized carbons (Fsp3) is 0.417. The first-order valence-electron chi connectivity index (χ1n) is 5.55. The summed E-state index contributed by atoms with van der Waals surface area (Å²) in [5.74, 6) is -0.811. The zero-order chi connectivity index (χ0) is 15.3. The predicted molar refractivity (Wildman–Crippen MR) is 75.0 cm³/mol. The third kappa shape index (κ3) is 4.43. The predicted octanol–water partition coefficient (Wildman–Crippen LogP) is 2.53. The van der Waals surface area contributed by atoms with Crippen molar-refractivity contribution >= 4 is 28.5 Å². The van der Waals surface area contributed by atoms with Gasteiger partial charge in [0.15, 0.2) is 0 Å². The van der Waals surface area contributed by atoms with Crippen LogP contribution in [-0.2, 0) is 11.2 Å². The van der Waals surface area contributed by atoms with E-state index in [0.717, 1.165) is 3.57 Å². The van der Waals surface area contributed by atoms with Gasteiger partial charge < -0.3 is 14.8 Å². The van der Waals surface area contributed by atoms with Gasteiger partial charge in [-0.1, -0.05) is 0 Å². The second-order valence-corrected chi connectivity index (χ2v) is 4.96. The molecule has 1 rings (SSSR count). The van der Waals surface area contributed by atoms with Gasteiger partial charge in [0.2, 0.25) is 0 Å². The van der Waals surface area contributed by atoms with Crippen LogP contribution in [-0.4, -0.2) is 32.8 Å². The van der Waals surface area contributed by atoms with E-state index in [1.165, 1.54) is 14.2 Å². The molecule has 0 aromatic heterocycles. The largest absolute Gasteiger partial charge is 0.496 e. The molecule has 1 amide bonds. The molecule has 0 fully saturated rings. The van der Waals surface area contributed by atoms with Crippen molar-refractivity contribution in [2.75, 3.05) is 20.8 Å². The van der Waals surface area contributed by atoms with Crippen molar-refractivity contribution in [3.63, 3.8) is 0 Å². The van der Waals surface area contributed by atoms with E-state index >= 15 is 0 Å². The number of alkyl halides is 3. The molecule has 1 N–H and O–H groups in total. The molecule has 0 aliphatic heterocycles. The monoisotopic (exact) mass is 403 g/mol. The SMILES string of the molecule is COc1cc(CCNC(=O)C(F)(F)F)c(OC)cc1I. The van der Waals surface area contributed by atoms with Crippen LogP contribution in [0.4, 0.5) is 13.2 Å². The molecule has 8 heteroatoms. The van der Waals surface area contributed by atoms with E-state index in [1.54, 1.807) is 12.1 Å². The highest BCUT2D eigenvalue weighted by atomic mass is 127. The molecule has 1 aromatic carbocycles. The molecule has 20 heavy (non-hydrogen) atoms. The highest BCUT2D eigenvalue weighted by Gasteiger charge is 2.38. The lowest BCUT2D eigenvalue weighted by atomic mass is 10.1. The summed E-state index contributed by atoms with van der Waals surface area (Å²) >= 11 is 2.06. The van der Waals surface area contributed by atoms with E-state index in [-0.39, 0.29) is 13.0 Å². The molecule has 0 bridgehead atoms. The third-order valence-corrected chi connectivity index (χ3v) is 3.34. The molecule has 0 heterocycles. The molecule has 0 spiro atoms. The molecule has 0 radical (unpaired) electrons. The van der Waals surface area contributed by atoms with Gasteiger partial charge in [-0.3, -0.25) is 4.79 Å². The minimum atomic E-state index is -4.87. The Balaban J connectivity index is 2.75. The Morgan fingerprint density at radius 2 is 1.85 bits per heavy atom. The summed E-state index contributed by atoms with van der Waals surface area (Å²) in [4.78, 5) is 10.7. The molecular weight excluding hydrogens is 390 g/mol. The maximum Gasteiger partial charge on any atom is 0.471 e. The number of carbonyl (C=O) groups excluding carboxylic acids is 1. The van der Waals surface area contributed by atoms with Crippen LogP contribution in [0.3, 0.4) is 0 Å². The van der Waals surface area contributed by atoms with Crippen molar-refractivity contribution in [2.45, 2.75) is 12.6 Å². The van der Waals surface area contributed by atoms with Crippen LogP contribution in [0.2, 0.25) is 0 Å². The molecule has 0 atom stereocenters. The highest BCUT2D eigenvalue weighted by Crippen LogP contribution is 2.30. The number of methoxy groups -OCH3 is 2. The van der Waals surface area contributed by atoms with Crippen LogP contribution in [0.15, 0.2) is 12.1 Å². The summed E-state index contributed by atoms with van der Waals surface area (Å²) in [6, 6.07) is 3.40. The van der Waals surface area contributed by atoms with Gasteiger partial charge in [-0.15, -0.1) is 0 Å². The van der Waals surface area contributed by atoms with Crippen molar-refractivity contribution in [2.24, 2.45) is 0 Å². The second kappa shape index (κ2) is 7.00. The minimum absolute atomic E-state index is 0.140. The Morgan fingerprint density at radius 3 is 2.35 bits per heavy atom. The highest BCUT2D eigenvalue weighted by molar-refractivity contribution is 14.1. The van der Waals surface area contributed by atoms with Crippen LogP contribution < -0.4 is 14.8 Å². The van der Waals surface area contributed by atoms with Crippen LogP contribution in [0, 0.1) is 3.57 Å². The number of nitrogens with one attached hydrogen (secondary N) is 1. The third-order valence-electron chi connectivity index (χ3n) is 2.49. The molecule has 0 unspecified atom stereocenters. The van der Waals surface area contributed by atoms with E-state index in [1.807, 2.05) is 5.32 Å². The normalized spacial score (nSPS) is 11.1. The van der Waals surface area contributed by atoms with Crippen molar-refractivity contribution in [1.82, 2.24) is 5.32 Å². The number of hydrogen-bond donors (Lipinski definition) is 1. The number of ether oxygens (including phenoxy) is 2. The molecule has 0 saturated heterocycles. The van der Waals surface area contributed by atoms with Crippen LogP contribution >= 0.6 is 22.6 Å². The topological polar surface area (TPSA) is 47.6 Å². The van der Waals surface area contributed by atoms with Gasteiger partial charge >= 0.3 is 12.1 Å². The molecule has 0 aliphatic rings. The Labute approximate surface area is 127 Å². The molecule has 4 nitrogen and oxygen atoms in total. The summed E-state index contributed by atoms with van der Waals surface area (Å²) in [5, 5.41) is 1.81. The van der Waals surface area contributed by atoms with Gasteiger partial charge in [-0.2, -0.15) is 13.2 Å². The van der Waals surface area contributed by atoms with Crippen molar-refractivity contribution in [3.05, 3.63) is 21.3 Å². The van der Waals surface area contributed by atoms with Crippen LogP contribution in [0.5, 0.6) is 11.5 Å². The number of rotatable bonds is 5. The smallest absolute Gasteiger partial charge is 0.471 e. The quantitative estimate of drug-likeness (QED) is 0.769. The summed E-state index contributed by atoms with van der Waals surface area (Å²) in [6.07, 6.45) is -4.66. The number of hydrogen-bond acceptors (Lipinski definition) is 3. The fourth-order valence-electron chi connectivity index (χ4n) is 1.53. The van der Waals surface area contributed by atoms with Crippen LogP contribution in [0.25, 0.3) is 0 Å². The maximum absolute atomic E-state index is 12.0. The Kier molecular flexibility index (Phi) is 5.90. The van der Waals surface area contributed by atoms with Gasteiger partial charge in [0, 0.05) is 6.54 Å². The van der Waals surface area contributed by atoms with E-state index in [9.17, 15) is 18.0 Å². The zero-order valence-corrected chi connectivity index (χ0v) is 13.0. The van der Waals surface area contributed by atoms with Gasteiger partial charge in [-0.05, 0) is 46.7 Å². The first-order chi connectivity index (χ1) is 9.29. The van der Waals surface area contributed by atoms with Gasteiger partial charge in [-0.25, -0.2) is 0 Å². The maximum atomic E-state index is 12.0. The number of amides is 1. The lowest BCUT2D eigenvalue weighted by Crippen LogP contribution is -2.37. The van der Waals surface area contributed by atoms with Crippen LogP contribution in [0.1, 0.15) is 5.56 Å². The Hall–Kier alpha value is -1.19. The van der Waals surface area contributed by atoms with Gasteiger partial charge in [0.05, 0.1) is 17.8 Å². The molecule has 0 aliphatic carbocycles. The lowest BCUT2D eigenvalue weighted by molar-refractivity contribution is -0.173. The number of benzene rings is 1. The van der Waals surface area contributed by atoms with Gasteiger partial charge in [0.1, 0.15) is 11.5 Å². The zero-order valence-electron chi connectivity index (χ0n) is 10.8. The molecule has 112 valence electrons. The summed E-state index contributed by atoms with van der Waals surface area (Å²) in [6.45, 7) is -0.140. The van der Waals surface area contributed by atoms with E-state index in [0.29, 0.717) is 17.1 Å². The number of carbonyl (C=O) groups is 1. The molecule has 1 aromatic rings. The summed E-state index contributed by atoms with van der Waals surface area (Å²) in [7, 11) is 2.97. The first kappa shape index (κ1) is 16.9. The standard InChI is InChI=1S/C12H13F3INO3/c1-19-9-6-8(16)10(20-2)5-7(9)3-4-17-11(18)12(13,14)15/h5-6H,3-4H2,1-2H3,(H,17,18). The average molecular weight is 403 g/mol. The molecular formula is C12H13F3INO3. The Bertz CT molecular complexity index is 492.